The molecule has 3 aromatic rings. The van der Waals surface area contributed by atoms with Crippen LogP contribution in [0.4, 0.5) is 0 Å². The molecule has 1 aliphatic rings. The van der Waals surface area contributed by atoms with Gasteiger partial charge in [0.2, 0.25) is 5.88 Å². The van der Waals surface area contributed by atoms with E-state index in [0.29, 0.717) is 27.7 Å². The Labute approximate surface area is 184 Å². The zero-order valence-electron chi connectivity index (χ0n) is 16.5. The number of nitrogens with two attached hydrogens (primary N) is 1. The highest BCUT2D eigenvalue weighted by atomic mass is 35.5. The number of carbonyl (C=O) groups excluding carboxylic acids is 1. The highest BCUT2D eigenvalue weighted by Crippen LogP contribution is 2.44. The first-order valence-electron chi connectivity index (χ1n) is 9.33. The van der Waals surface area contributed by atoms with Crippen LogP contribution < -0.4 is 19.9 Å². The van der Waals surface area contributed by atoms with Gasteiger partial charge in [0.05, 0.1) is 18.6 Å². The predicted molar refractivity (Wildman–Crippen MR) is 115 cm³/mol. The standard InChI is InChI=1S/C24H17ClN2O4/c1-29-17-4-2-3-15(11-17)22-19-10-9-18(12-21(19)31-23(27)20(22)13-26)30-24(28)14-5-7-16(25)8-6-14/h2-12,22H,27H2,1H3. The van der Waals surface area contributed by atoms with Gasteiger partial charge >= 0.3 is 5.97 Å². The summed E-state index contributed by atoms with van der Waals surface area (Å²) in [5.41, 5.74) is 8.26. The number of nitriles is 1. The minimum Gasteiger partial charge on any atom is -0.497 e. The molecule has 0 spiro atoms. The lowest BCUT2D eigenvalue weighted by molar-refractivity contribution is 0.0734. The maximum absolute atomic E-state index is 12.4. The van der Waals surface area contributed by atoms with Crippen molar-refractivity contribution in [1.29, 1.82) is 5.26 Å². The molecular formula is C24H17ClN2O4. The fourth-order valence-corrected chi connectivity index (χ4v) is 3.54. The molecule has 0 aliphatic carbocycles. The third-order valence-corrected chi connectivity index (χ3v) is 5.16. The number of rotatable bonds is 4. The number of methoxy groups -OCH3 is 1. The highest BCUT2D eigenvalue weighted by Gasteiger charge is 2.31. The SMILES string of the molecule is COc1cccc(C2C(C#N)=C(N)Oc3cc(OC(=O)c4ccc(Cl)cc4)ccc32)c1. The van der Waals surface area contributed by atoms with Crippen molar-refractivity contribution in [2.75, 3.05) is 7.11 Å². The van der Waals surface area contributed by atoms with Crippen LogP contribution in [0.25, 0.3) is 0 Å². The maximum atomic E-state index is 12.4. The van der Waals surface area contributed by atoms with E-state index < -0.39 is 11.9 Å². The Kier molecular flexibility index (Phi) is 5.52. The van der Waals surface area contributed by atoms with Gasteiger partial charge in [-0.15, -0.1) is 0 Å². The van der Waals surface area contributed by atoms with Crippen LogP contribution in [0.5, 0.6) is 17.2 Å². The van der Waals surface area contributed by atoms with Crippen molar-refractivity contribution in [3.8, 4) is 23.3 Å². The van der Waals surface area contributed by atoms with Crippen molar-refractivity contribution >= 4 is 17.6 Å². The number of hydrogen-bond acceptors (Lipinski definition) is 6. The number of carbonyl (C=O) groups is 1. The van der Waals surface area contributed by atoms with Gasteiger partial charge in [0.1, 0.15) is 28.9 Å². The molecule has 3 aromatic carbocycles. The lowest BCUT2D eigenvalue weighted by Gasteiger charge is -2.27. The van der Waals surface area contributed by atoms with Crippen molar-refractivity contribution in [2.24, 2.45) is 5.73 Å². The Hall–Kier alpha value is -3.95. The first kappa shape index (κ1) is 20.3. The molecule has 1 heterocycles. The Morgan fingerprint density at radius 2 is 1.87 bits per heavy atom. The number of fused-ring (bicyclic) bond motifs is 1. The van der Waals surface area contributed by atoms with E-state index in [2.05, 4.69) is 6.07 Å². The molecule has 1 aliphatic heterocycles. The molecule has 0 radical (unpaired) electrons. The van der Waals surface area contributed by atoms with E-state index in [1.807, 2.05) is 24.3 Å². The summed E-state index contributed by atoms with van der Waals surface area (Å²) in [5.74, 6) is 0.392. The van der Waals surface area contributed by atoms with Crippen LogP contribution in [-0.2, 0) is 0 Å². The topological polar surface area (TPSA) is 94.6 Å². The van der Waals surface area contributed by atoms with Crippen LogP contribution in [0.1, 0.15) is 27.4 Å². The number of benzene rings is 3. The Balaban J connectivity index is 1.69. The number of hydrogen-bond donors (Lipinski definition) is 1. The van der Waals surface area contributed by atoms with Crippen molar-refractivity contribution in [2.45, 2.75) is 5.92 Å². The molecule has 31 heavy (non-hydrogen) atoms. The Morgan fingerprint density at radius 1 is 1.10 bits per heavy atom. The monoisotopic (exact) mass is 432 g/mol. The molecule has 6 nitrogen and oxygen atoms in total. The minimum atomic E-state index is -0.530. The molecule has 0 aromatic heterocycles. The van der Waals surface area contributed by atoms with E-state index >= 15 is 0 Å². The second kappa shape index (κ2) is 8.42. The lowest BCUT2D eigenvalue weighted by atomic mass is 9.83. The normalized spacial score (nSPS) is 14.8. The van der Waals surface area contributed by atoms with Crippen LogP contribution in [-0.4, -0.2) is 13.1 Å². The first-order chi connectivity index (χ1) is 15.0. The molecule has 1 unspecified atom stereocenters. The summed E-state index contributed by atoms with van der Waals surface area (Å²) < 4.78 is 16.5. The Morgan fingerprint density at radius 3 is 2.58 bits per heavy atom. The third kappa shape index (κ3) is 4.04. The number of esters is 1. The zero-order chi connectivity index (χ0) is 22.0. The largest absolute Gasteiger partial charge is 0.497 e. The molecule has 0 amide bonds. The Bertz CT molecular complexity index is 1230. The van der Waals surface area contributed by atoms with E-state index in [9.17, 15) is 10.1 Å². The molecular weight excluding hydrogens is 416 g/mol. The van der Waals surface area contributed by atoms with Gasteiger partial charge in [-0.1, -0.05) is 29.8 Å². The summed E-state index contributed by atoms with van der Waals surface area (Å²) in [4.78, 5) is 12.4. The number of halogens is 1. The van der Waals surface area contributed by atoms with E-state index in [4.69, 9.17) is 31.5 Å². The average molecular weight is 433 g/mol. The van der Waals surface area contributed by atoms with Crippen molar-refractivity contribution in [3.05, 3.63) is 99.9 Å². The van der Waals surface area contributed by atoms with Gasteiger partial charge < -0.3 is 19.9 Å². The van der Waals surface area contributed by atoms with E-state index in [0.717, 1.165) is 11.1 Å². The highest BCUT2D eigenvalue weighted by molar-refractivity contribution is 6.30. The van der Waals surface area contributed by atoms with Gasteiger partial charge in [0.15, 0.2) is 0 Å². The molecule has 0 bridgehead atoms. The first-order valence-corrected chi connectivity index (χ1v) is 9.71. The number of ether oxygens (including phenoxy) is 3. The summed E-state index contributed by atoms with van der Waals surface area (Å²) in [6.07, 6.45) is 0. The smallest absolute Gasteiger partial charge is 0.343 e. The van der Waals surface area contributed by atoms with Crippen molar-refractivity contribution < 1.29 is 19.0 Å². The summed E-state index contributed by atoms with van der Waals surface area (Å²) in [6.45, 7) is 0. The van der Waals surface area contributed by atoms with Gasteiger partial charge in [0.25, 0.3) is 0 Å². The fraction of sp³-hybridized carbons (Fsp3) is 0.0833. The van der Waals surface area contributed by atoms with E-state index in [1.165, 1.54) is 0 Å². The molecule has 2 N–H and O–H groups in total. The predicted octanol–water partition coefficient (Wildman–Crippen LogP) is 4.79. The molecule has 154 valence electrons. The van der Waals surface area contributed by atoms with Gasteiger partial charge in [0, 0.05) is 16.7 Å². The minimum absolute atomic E-state index is 0.00370. The molecule has 0 saturated carbocycles. The van der Waals surface area contributed by atoms with Crippen LogP contribution >= 0.6 is 11.6 Å². The summed E-state index contributed by atoms with van der Waals surface area (Å²) in [6, 6.07) is 20.9. The lowest BCUT2D eigenvalue weighted by Crippen LogP contribution is -2.21. The fourth-order valence-electron chi connectivity index (χ4n) is 3.42. The van der Waals surface area contributed by atoms with Crippen LogP contribution in [0, 0.1) is 11.3 Å². The second-order valence-electron chi connectivity index (χ2n) is 6.80. The number of nitrogens with zero attached hydrogens (tertiary/aromatic N) is 1. The maximum Gasteiger partial charge on any atom is 0.343 e. The van der Waals surface area contributed by atoms with Crippen molar-refractivity contribution in [1.82, 2.24) is 0 Å². The molecule has 7 heteroatoms. The summed E-state index contributed by atoms with van der Waals surface area (Å²) in [5, 5.41) is 10.2. The molecule has 0 saturated heterocycles. The van der Waals surface area contributed by atoms with Crippen LogP contribution in [0.3, 0.4) is 0 Å². The summed E-state index contributed by atoms with van der Waals surface area (Å²) >= 11 is 5.86. The second-order valence-corrected chi connectivity index (χ2v) is 7.23. The van der Waals surface area contributed by atoms with Crippen molar-refractivity contribution in [3.63, 3.8) is 0 Å². The molecule has 1 atom stereocenters. The molecule has 4 rings (SSSR count). The molecule has 0 fully saturated rings. The summed E-state index contributed by atoms with van der Waals surface area (Å²) in [7, 11) is 1.58. The van der Waals surface area contributed by atoms with Gasteiger partial charge in [-0.05, 0) is 48.0 Å². The van der Waals surface area contributed by atoms with Crippen LogP contribution in [0.15, 0.2) is 78.2 Å². The zero-order valence-corrected chi connectivity index (χ0v) is 17.2. The number of allylic oxidation sites excluding steroid dienone is 1. The average Bonchev–Trinajstić information content (AvgIpc) is 2.78. The van der Waals surface area contributed by atoms with Gasteiger partial charge in [-0.25, -0.2) is 4.79 Å². The van der Waals surface area contributed by atoms with E-state index in [-0.39, 0.29) is 11.6 Å². The van der Waals surface area contributed by atoms with E-state index in [1.54, 1.807) is 49.6 Å². The van der Waals surface area contributed by atoms with Gasteiger partial charge in [-0.2, -0.15) is 5.26 Å². The van der Waals surface area contributed by atoms with Gasteiger partial charge in [-0.3, -0.25) is 0 Å². The van der Waals surface area contributed by atoms with Crippen LogP contribution in [0.2, 0.25) is 5.02 Å². The third-order valence-electron chi connectivity index (χ3n) is 4.91. The quantitative estimate of drug-likeness (QED) is 0.470.